The van der Waals surface area contributed by atoms with Crippen LogP contribution in [0.15, 0.2) is 18.2 Å². The summed E-state index contributed by atoms with van der Waals surface area (Å²) < 4.78 is 5.96. The molecule has 8 nitrogen and oxygen atoms in total. The van der Waals surface area contributed by atoms with Crippen molar-refractivity contribution >= 4 is 23.3 Å². The van der Waals surface area contributed by atoms with Crippen LogP contribution in [0.3, 0.4) is 0 Å². The van der Waals surface area contributed by atoms with Gasteiger partial charge in [-0.25, -0.2) is 0 Å². The molecule has 1 saturated carbocycles. The van der Waals surface area contributed by atoms with E-state index < -0.39 is 17.9 Å². The van der Waals surface area contributed by atoms with E-state index in [1.807, 2.05) is 12.1 Å². The van der Waals surface area contributed by atoms with Gasteiger partial charge in [0.2, 0.25) is 11.8 Å². The monoisotopic (exact) mass is 510 g/mol. The molecular weight excluding hydrogens is 468 g/mol. The van der Waals surface area contributed by atoms with Crippen molar-refractivity contribution in [1.29, 1.82) is 0 Å². The summed E-state index contributed by atoms with van der Waals surface area (Å²) in [4.78, 5) is 46.6. The number of amides is 2. The first kappa shape index (κ1) is 26.2. The molecule has 0 radical (unpaired) electrons. The van der Waals surface area contributed by atoms with Crippen LogP contribution in [0.1, 0.15) is 68.3 Å². The van der Waals surface area contributed by atoms with Gasteiger partial charge in [-0.05, 0) is 55.0 Å². The lowest BCUT2D eigenvalue weighted by molar-refractivity contribution is -0.139. The molecule has 0 unspecified atom stereocenters. The van der Waals surface area contributed by atoms with Gasteiger partial charge in [-0.3, -0.25) is 14.4 Å². The van der Waals surface area contributed by atoms with Crippen LogP contribution in [-0.4, -0.2) is 85.9 Å². The highest BCUT2D eigenvalue weighted by Gasteiger charge is 2.56. The van der Waals surface area contributed by atoms with Crippen LogP contribution < -0.4 is 10.6 Å². The third kappa shape index (κ3) is 4.90. The molecule has 3 aliphatic heterocycles. The number of fused-ring (bicyclic) bond motifs is 1. The van der Waals surface area contributed by atoms with E-state index in [9.17, 15) is 14.4 Å². The number of primary amides is 1. The van der Waals surface area contributed by atoms with E-state index in [0.29, 0.717) is 12.1 Å². The summed E-state index contributed by atoms with van der Waals surface area (Å²) in [6.45, 7) is 10.7. The van der Waals surface area contributed by atoms with Gasteiger partial charge < -0.3 is 25.2 Å². The number of benzene rings is 1. The molecule has 4 fully saturated rings. The zero-order valence-electron chi connectivity index (χ0n) is 22.7. The molecule has 1 aliphatic carbocycles. The molecule has 3 saturated heterocycles. The Morgan fingerprint density at radius 2 is 1.76 bits per heavy atom. The highest BCUT2D eigenvalue weighted by Crippen LogP contribution is 2.46. The van der Waals surface area contributed by atoms with Crippen LogP contribution >= 0.6 is 0 Å². The Hall–Kier alpha value is -2.45. The number of carbonyl (C=O) groups is 3. The first-order chi connectivity index (χ1) is 17.6. The molecule has 2 N–H and O–H groups in total. The first-order valence-electron chi connectivity index (χ1n) is 13.9. The minimum Gasteiger partial charge on any atom is -0.369 e. The fourth-order valence-corrected chi connectivity index (χ4v) is 7.00. The number of carbonyl (C=O) groups excluding carboxylic acids is 3. The summed E-state index contributed by atoms with van der Waals surface area (Å²) in [6, 6.07) is 5.25. The van der Waals surface area contributed by atoms with Gasteiger partial charge >= 0.3 is 0 Å². The average molecular weight is 511 g/mol. The summed E-state index contributed by atoms with van der Waals surface area (Å²) in [5, 5.41) is 0. The number of ether oxygens (including phenoxy) is 1. The van der Waals surface area contributed by atoms with Crippen molar-refractivity contribution in [3.8, 4) is 0 Å². The van der Waals surface area contributed by atoms with Crippen molar-refractivity contribution in [2.24, 2.45) is 23.0 Å². The Balaban J connectivity index is 1.55. The molecule has 202 valence electrons. The topological polar surface area (TPSA) is 96.2 Å². The molecule has 8 heteroatoms. The summed E-state index contributed by atoms with van der Waals surface area (Å²) in [5.41, 5.74) is 7.94. The number of ketones is 1. The van der Waals surface area contributed by atoms with Crippen molar-refractivity contribution in [3.63, 3.8) is 0 Å². The lowest BCUT2D eigenvalue weighted by Crippen LogP contribution is -2.46. The van der Waals surface area contributed by atoms with E-state index >= 15 is 0 Å². The lowest BCUT2D eigenvalue weighted by Gasteiger charge is -2.36. The number of hydrogen-bond acceptors (Lipinski definition) is 6. The molecule has 2 amide bonds. The fraction of sp³-hybridized carbons (Fsp3) is 0.690. The third-order valence-corrected chi connectivity index (χ3v) is 9.22. The third-order valence-electron chi connectivity index (χ3n) is 9.22. The minimum atomic E-state index is -0.543. The highest BCUT2D eigenvalue weighted by molar-refractivity contribution is 5.99. The second-order valence-electron chi connectivity index (χ2n) is 12.6. The number of hydrogen-bond donors (Lipinski definition) is 1. The van der Waals surface area contributed by atoms with Crippen LogP contribution in [0.25, 0.3) is 0 Å². The number of nitrogens with zero attached hydrogens (tertiary/aromatic N) is 3. The number of likely N-dealkylation sites (tertiary alicyclic amines) is 1. The molecule has 3 heterocycles. The first-order valence-corrected chi connectivity index (χ1v) is 13.9. The number of Topliss-reactive ketones (excluding diaryl/α,β-unsaturated/α-hetero) is 1. The minimum absolute atomic E-state index is 0.0171. The lowest BCUT2D eigenvalue weighted by atomic mass is 9.78. The summed E-state index contributed by atoms with van der Waals surface area (Å²) in [7, 11) is 2.12. The molecule has 0 aromatic heterocycles. The predicted octanol–water partition coefficient (Wildman–Crippen LogP) is 2.65. The van der Waals surface area contributed by atoms with Crippen molar-refractivity contribution in [2.75, 3.05) is 51.3 Å². The number of likely N-dealkylation sites (N-methyl/N-ethyl adjacent to an activating group) is 1. The molecule has 37 heavy (non-hydrogen) atoms. The molecule has 4 aliphatic rings. The Labute approximate surface area is 220 Å². The fourth-order valence-electron chi connectivity index (χ4n) is 7.00. The number of nitrogens with two attached hydrogens (primary N) is 1. The van der Waals surface area contributed by atoms with Gasteiger partial charge in [0.1, 0.15) is 12.6 Å². The Morgan fingerprint density at radius 3 is 2.38 bits per heavy atom. The van der Waals surface area contributed by atoms with Crippen LogP contribution in [0.2, 0.25) is 0 Å². The largest absolute Gasteiger partial charge is 0.369 e. The van der Waals surface area contributed by atoms with Crippen LogP contribution in [0, 0.1) is 17.3 Å². The number of anilines is 1. The summed E-state index contributed by atoms with van der Waals surface area (Å²) in [5.74, 6) is -0.877. The zero-order valence-corrected chi connectivity index (χ0v) is 22.7. The summed E-state index contributed by atoms with van der Waals surface area (Å²) in [6.07, 6.45) is 3.73. The Kier molecular flexibility index (Phi) is 7.09. The molecule has 1 aromatic rings. The maximum atomic E-state index is 14.5. The molecule has 5 rings (SSSR count). The second kappa shape index (κ2) is 10.0. The van der Waals surface area contributed by atoms with E-state index in [1.54, 1.807) is 11.0 Å². The van der Waals surface area contributed by atoms with E-state index in [2.05, 4.69) is 37.6 Å². The Bertz CT molecular complexity index is 1050. The standard InChI is InChI=1S/C29H42N4O4/c1-29(2,3)22-16-33(25-23(34)17-37-26(22)25)28(36)24(18-7-5-6-8-18)21-15-19(9-10-20(21)27(30)35)32-13-11-31(4)12-14-32/h9-10,15,18,22,24-26H,5-8,11-14,16-17H2,1-4H3,(H2,30,35)/t22-,24-,25+,26+/m0/s1. The maximum Gasteiger partial charge on any atom is 0.249 e. The van der Waals surface area contributed by atoms with Gasteiger partial charge in [-0.2, -0.15) is 0 Å². The average Bonchev–Trinajstić information content (AvgIpc) is 3.58. The molecule has 4 atom stereocenters. The van der Waals surface area contributed by atoms with E-state index in [0.717, 1.165) is 63.1 Å². The Morgan fingerprint density at radius 1 is 1.08 bits per heavy atom. The van der Waals surface area contributed by atoms with Crippen molar-refractivity contribution in [3.05, 3.63) is 29.3 Å². The van der Waals surface area contributed by atoms with Crippen molar-refractivity contribution in [2.45, 2.75) is 64.5 Å². The van der Waals surface area contributed by atoms with Gasteiger partial charge in [0.05, 0.1) is 12.0 Å². The van der Waals surface area contributed by atoms with Gasteiger partial charge in [-0.1, -0.05) is 33.6 Å². The van der Waals surface area contributed by atoms with Crippen LogP contribution in [0.4, 0.5) is 5.69 Å². The quantitative estimate of drug-likeness (QED) is 0.654. The predicted molar refractivity (Wildman–Crippen MR) is 143 cm³/mol. The zero-order chi connectivity index (χ0) is 26.5. The number of piperazine rings is 1. The molecule has 1 aromatic carbocycles. The van der Waals surface area contributed by atoms with Gasteiger partial charge in [-0.15, -0.1) is 0 Å². The van der Waals surface area contributed by atoms with E-state index in [4.69, 9.17) is 10.5 Å². The van der Waals surface area contributed by atoms with E-state index in [1.165, 1.54) is 0 Å². The van der Waals surface area contributed by atoms with Crippen LogP contribution in [0.5, 0.6) is 0 Å². The van der Waals surface area contributed by atoms with Gasteiger partial charge in [0.25, 0.3) is 0 Å². The van der Waals surface area contributed by atoms with Crippen LogP contribution in [-0.2, 0) is 14.3 Å². The van der Waals surface area contributed by atoms with E-state index in [-0.39, 0.29) is 41.7 Å². The number of rotatable bonds is 5. The summed E-state index contributed by atoms with van der Waals surface area (Å²) >= 11 is 0. The second-order valence-corrected chi connectivity index (χ2v) is 12.6. The maximum absolute atomic E-state index is 14.5. The van der Waals surface area contributed by atoms with Gasteiger partial charge in [0.15, 0.2) is 5.78 Å². The highest BCUT2D eigenvalue weighted by atomic mass is 16.5. The molecule has 0 spiro atoms. The molecular formula is C29H42N4O4. The molecule has 0 bridgehead atoms. The van der Waals surface area contributed by atoms with Crippen molar-refractivity contribution < 1.29 is 19.1 Å². The van der Waals surface area contributed by atoms with Crippen molar-refractivity contribution in [1.82, 2.24) is 9.80 Å². The SMILES string of the molecule is CN1CCN(c2ccc(C(N)=O)c([C@@H](C(=O)N3C[C@H](C(C)(C)C)[C@H]4OCC(=O)[C@H]43)C3CCCC3)c2)CC1. The van der Waals surface area contributed by atoms with Gasteiger partial charge in [0, 0.05) is 49.9 Å². The smallest absolute Gasteiger partial charge is 0.249 e. The normalized spacial score (nSPS) is 28.1.